The summed E-state index contributed by atoms with van der Waals surface area (Å²) in [6, 6.07) is 30.6. The first kappa shape index (κ1) is 29.9. The molecule has 8 nitrogen and oxygen atoms in total. The van der Waals surface area contributed by atoms with E-state index >= 15 is 0 Å². The van der Waals surface area contributed by atoms with Crippen LogP contribution in [0.2, 0.25) is 0 Å². The molecule has 0 aromatic heterocycles. The molecule has 42 heavy (non-hydrogen) atoms. The number of hydrogen-bond donors (Lipinski definition) is 1. The first-order valence-electron chi connectivity index (χ1n) is 13.8. The second kappa shape index (κ2) is 15.6. The van der Waals surface area contributed by atoms with E-state index in [-0.39, 0.29) is 0 Å². The maximum Gasteiger partial charge on any atom is 0.343 e. The van der Waals surface area contributed by atoms with Crippen LogP contribution in [0, 0.1) is 0 Å². The highest BCUT2D eigenvalue weighted by Gasteiger charge is 2.14. The maximum absolute atomic E-state index is 12.5. The Labute approximate surface area is 245 Å². The number of hydrogen-bond acceptors (Lipinski definition) is 7. The van der Waals surface area contributed by atoms with E-state index in [0.29, 0.717) is 41.6 Å². The van der Waals surface area contributed by atoms with Crippen molar-refractivity contribution in [2.75, 3.05) is 6.61 Å². The third-order valence-electron chi connectivity index (χ3n) is 6.09. The van der Waals surface area contributed by atoms with Crippen LogP contribution in [0.1, 0.15) is 48.2 Å². The molecule has 4 aromatic carbocycles. The predicted molar refractivity (Wildman–Crippen MR) is 161 cm³/mol. The summed E-state index contributed by atoms with van der Waals surface area (Å²) in [5.41, 5.74) is 4.69. The first-order chi connectivity index (χ1) is 20.5. The predicted octanol–water partition coefficient (Wildman–Crippen LogP) is 6.58. The number of benzene rings is 4. The molecule has 4 rings (SSSR count). The highest BCUT2D eigenvalue weighted by Crippen LogP contribution is 2.20. The summed E-state index contributed by atoms with van der Waals surface area (Å²) in [6.45, 7) is 4.85. The van der Waals surface area contributed by atoms with Gasteiger partial charge < -0.3 is 18.9 Å². The molecule has 0 unspecified atom stereocenters. The lowest BCUT2D eigenvalue weighted by Gasteiger charge is -2.13. The smallest absolute Gasteiger partial charge is 0.343 e. The summed E-state index contributed by atoms with van der Waals surface area (Å²) in [5, 5.41) is 4.00. The SMILES string of the molecule is CCCCOc1ccc(C(=O)Oc2ccc(/C=N\NC(=O)[C@H](C)Oc3ccc(OCc4ccccc4)cc3)cc2)cc1. The molecule has 0 aliphatic rings. The molecule has 1 amide bonds. The second-order valence-corrected chi connectivity index (χ2v) is 9.42. The van der Waals surface area contributed by atoms with Gasteiger partial charge in [-0.15, -0.1) is 0 Å². The van der Waals surface area contributed by atoms with Crippen LogP contribution in [0.4, 0.5) is 0 Å². The summed E-state index contributed by atoms with van der Waals surface area (Å²) in [4.78, 5) is 24.9. The Morgan fingerprint density at radius 2 is 1.40 bits per heavy atom. The average Bonchev–Trinajstić information content (AvgIpc) is 3.02. The van der Waals surface area contributed by atoms with Gasteiger partial charge in [0.25, 0.3) is 5.91 Å². The number of hydrazone groups is 1. The molecule has 8 heteroatoms. The third kappa shape index (κ3) is 9.52. The minimum Gasteiger partial charge on any atom is -0.494 e. The molecule has 0 spiro atoms. The molecule has 0 radical (unpaired) electrons. The number of unbranched alkanes of at least 4 members (excludes halogenated alkanes) is 1. The van der Waals surface area contributed by atoms with E-state index in [1.807, 2.05) is 30.3 Å². The highest BCUT2D eigenvalue weighted by molar-refractivity contribution is 5.91. The topological polar surface area (TPSA) is 95.5 Å². The molecule has 0 fully saturated rings. The lowest BCUT2D eigenvalue weighted by Crippen LogP contribution is -2.33. The third-order valence-corrected chi connectivity index (χ3v) is 6.09. The van der Waals surface area contributed by atoms with Crippen molar-refractivity contribution in [2.24, 2.45) is 5.10 Å². The molecule has 4 aromatic rings. The first-order valence-corrected chi connectivity index (χ1v) is 13.8. The number of esters is 1. The zero-order valence-electron chi connectivity index (χ0n) is 23.7. The van der Waals surface area contributed by atoms with E-state index in [1.165, 1.54) is 6.21 Å². The minimum absolute atomic E-state index is 0.392. The minimum atomic E-state index is -0.767. The molecule has 0 bridgehead atoms. The molecule has 1 atom stereocenters. The second-order valence-electron chi connectivity index (χ2n) is 9.42. The molecule has 0 aliphatic carbocycles. The van der Waals surface area contributed by atoms with Crippen molar-refractivity contribution >= 4 is 18.1 Å². The highest BCUT2D eigenvalue weighted by atomic mass is 16.5. The van der Waals surface area contributed by atoms with Gasteiger partial charge in [0.1, 0.15) is 29.6 Å². The number of nitrogens with one attached hydrogen (secondary N) is 1. The molecule has 0 aliphatic heterocycles. The summed E-state index contributed by atoms with van der Waals surface area (Å²) < 4.78 is 22.6. The molecule has 0 heterocycles. The van der Waals surface area contributed by atoms with Crippen molar-refractivity contribution in [3.8, 4) is 23.0 Å². The lowest BCUT2D eigenvalue weighted by atomic mass is 10.2. The van der Waals surface area contributed by atoms with Gasteiger partial charge in [0, 0.05) is 0 Å². The Kier molecular flexibility index (Phi) is 11.1. The molecule has 1 N–H and O–H groups in total. The summed E-state index contributed by atoms with van der Waals surface area (Å²) >= 11 is 0. The van der Waals surface area contributed by atoms with Crippen LogP contribution in [0.25, 0.3) is 0 Å². The van der Waals surface area contributed by atoms with E-state index in [4.69, 9.17) is 18.9 Å². The van der Waals surface area contributed by atoms with Crippen LogP contribution >= 0.6 is 0 Å². The van der Waals surface area contributed by atoms with Crippen LogP contribution in [0.3, 0.4) is 0 Å². The maximum atomic E-state index is 12.5. The van der Waals surface area contributed by atoms with Crippen molar-refractivity contribution in [3.05, 3.63) is 120 Å². The van der Waals surface area contributed by atoms with Crippen LogP contribution in [-0.2, 0) is 11.4 Å². The molecule has 0 saturated carbocycles. The summed E-state index contributed by atoms with van der Waals surface area (Å²) in [5.74, 6) is 1.49. The molecular weight excluding hydrogens is 532 g/mol. The van der Waals surface area contributed by atoms with Gasteiger partial charge in [0.05, 0.1) is 18.4 Å². The van der Waals surface area contributed by atoms with Crippen molar-refractivity contribution in [1.82, 2.24) is 5.43 Å². The van der Waals surface area contributed by atoms with Crippen LogP contribution in [0.5, 0.6) is 23.0 Å². The fourth-order valence-electron chi connectivity index (χ4n) is 3.68. The summed E-state index contributed by atoms with van der Waals surface area (Å²) in [6.07, 6.45) is 2.76. The fourth-order valence-corrected chi connectivity index (χ4v) is 3.68. The van der Waals surface area contributed by atoms with E-state index in [2.05, 4.69) is 17.5 Å². The van der Waals surface area contributed by atoms with Crippen LogP contribution in [-0.4, -0.2) is 30.8 Å². The Balaban J connectivity index is 1.19. The van der Waals surface area contributed by atoms with Crippen molar-refractivity contribution < 1.29 is 28.5 Å². The van der Waals surface area contributed by atoms with Gasteiger partial charge in [-0.2, -0.15) is 5.10 Å². The fraction of sp³-hybridized carbons (Fsp3) is 0.206. The van der Waals surface area contributed by atoms with E-state index in [1.54, 1.807) is 79.7 Å². The lowest BCUT2D eigenvalue weighted by molar-refractivity contribution is -0.127. The Morgan fingerprint density at radius 1 is 0.786 bits per heavy atom. The van der Waals surface area contributed by atoms with E-state index < -0.39 is 18.0 Å². The van der Waals surface area contributed by atoms with Crippen molar-refractivity contribution in [3.63, 3.8) is 0 Å². The number of carbonyl (C=O) groups is 2. The largest absolute Gasteiger partial charge is 0.494 e. The van der Waals surface area contributed by atoms with Crippen molar-refractivity contribution in [2.45, 2.75) is 39.4 Å². The van der Waals surface area contributed by atoms with Crippen LogP contribution in [0.15, 0.2) is 108 Å². The monoisotopic (exact) mass is 566 g/mol. The normalized spacial score (nSPS) is 11.5. The van der Waals surface area contributed by atoms with Gasteiger partial charge in [-0.1, -0.05) is 43.7 Å². The zero-order valence-corrected chi connectivity index (χ0v) is 23.7. The van der Waals surface area contributed by atoms with E-state index in [9.17, 15) is 9.59 Å². The van der Waals surface area contributed by atoms with Gasteiger partial charge in [-0.25, -0.2) is 10.2 Å². The number of amides is 1. The molecular formula is C34H34N2O6. The van der Waals surface area contributed by atoms with Crippen molar-refractivity contribution in [1.29, 1.82) is 0 Å². The van der Waals surface area contributed by atoms with Gasteiger partial charge in [-0.3, -0.25) is 4.79 Å². The molecule has 0 saturated heterocycles. The Hall–Kier alpha value is -5.11. The molecule has 216 valence electrons. The average molecular weight is 567 g/mol. The number of ether oxygens (including phenoxy) is 4. The number of carbonyl (C=O) groups excluding carboxylic acids is 2. The van der Waals surface area contributed by atoms with Gasteiger partial charge in [0.2, 0.25) is 0 Å². The Bertz CT molecular complexity index is 1440. The standard InChI is InChI=1S/C34H34N2O6/c1-3-4-22-39-29-16-12-28(13-17-29)34(38)42-32-14-10-26(11-15-32)23-35-36-33(37)25(2)41-31-20-18-30(19-21-31)40-24-27-8-6-5-7-9-27/h5-21,23,25H,3-4,22,24H2,1-2H3,(H,36,37)/b35-23-/t25-/m0/s1. The Morgan fingerprint density at radius 3 is 2.10 bits per heavy atom. The number of rotatable bonds is 14. The van der Waals surface area contributed by atoms with Gasteiger partial charge in [0.15, 0.2) is 6.10 Å². The quantitative estimate of drug-likeness (QED) is 0.0609. The van der Waals surface area contributed by atoms with Crippen LogP contribution < -0.4 is 24.4 Å². The van der Waals surface area contributed by atoms with E-state index in [0.717, 1.165) is 24.2 Å². The summed E-state index contributed by atoms with van der Waals surface area (Å²) in [7, 11) is 0. The zero-order chi connectivity index (χ0) is 29.6. The van der Waals surface area contributed by atoms with Gasteiger partial charge in [-0.05, 0) is 97.3 Å². The number of nitrogens with zero attached hydrogens (tertiary/aromatic N) is 1. The van der Waals surface area contributed by atoms with Gasteiger partial charge >= 0.3 is 5.97 Å².